The van der Waals surface area contributed by atoms with Crippen molar-refractivity contribution in [1.29, 1.82) is 0 Å². The van der Waals surface area contributed by atoms with E-state index >= 15 is 0 Å². The second-order valence-electron chi connectivity index (χ2n) is 4.26. The lowest BCUT2D eigenvalue weighted by Gasteiger charge is -2.43. The molecule has 0 radical (unpaired) electrons. The lowest BCUT2D eigenvalue weighted by Crippen LogP contribution is -2.60. The summed E-state index contributed by atoms with van der Waals surface area (Å²) in [6, 6.07) is 4.76. The zero-order chi connectivity index (χ0) is 13.1. The van der Waals surface area contributed by atoms with Gasteiger partial charge in [-0.05, 0) is 26.1 Å². The maximum atomic E-state index is 13.6. The summed E-state index contributed by atoms with van der Waals surface area (Å²) >= 11 is 5.93. The molecule has 0 heterocycles. The zero-order valence-electron chi connectivity index (χ0n) is 10.5. The number of hydrogen-bond donors (Lipinski definition) is 1. The van der Waals surface area contributed by atoms with Crippen molar-refractivity contribution in [1.82, 2.24) is 5.32 Å². The largest absolute Gasteiger partial charge is 0.483 e. The van der Waals surface area contributed by atoms with Gasteiger partial charge in [0.1, 0.15) is 12.2 Å². The molecule has 18 heavy (non-hydrogen) atoms. The molecule has 100 valence electrons. The van der Waals surface area contributed by atoms with Gasteiger partial charge < -0.3 is 14.8 Å². The second kappa shape index (κ2) is 5.87. The molecule has 0 amide bonds. The molecule has 3 atom stereocenters. The van der Waals surface area contributed by atoms with Gasteiger partial charge in [-0.15, -0.1) is 0 Å². The van der Waals surface area contributed by atoms with Crippen LogP contribution in [0.3, 0.4) is 0 Å². The smallest absolute Gasteiger partial charge is 0.174 e. The van der Waals surface area contributed by atoms with Crippen LogP contribution in [0.1, 0.15) is 13.3 Å². The number of halogens is 2. The molecule has 1 aliphatic rings. The molecule has 3 unspecified atom stereocenters. The molecular weight excluding hydrogens is 257 g/mol. The molecule has 3 nitrogen and oxygen atoms in total. The highest BCUT2D eigenvalue weighted by Gasteiger charge is 2.43. The Kier molecular flexibility index (Phi) is 4.43. The number of benzene rings is 1. The summed E-state index contributed by atoms with van der Waals surface area (Å²) in [5, 5.41) is 3.44. The number of ether oxygens (including phenoxy) is 2. The summed E-state index contributed by atoms with van der Waals surface area (Å²) in [6.07, 6.45) is 0.568. The molecule has 0 aromatic heterocycles. The molecule has 1 aliphatic carbocycles. The predicted molar refractivity (Wildman–Crippen MR) is 68.7 cm³/mol. The van der Waals surface area contributed by atoms with E-state index in [9.17, 15) is 4.39 Å². The Hall–Kier alpha value is -0.840. The van der Waals surface area contributed by atoms with Gasteiger partial charge >= 0.3 is 0 Å². The summed E-state index contributed by atoms with van der Waals surface area (Å²) in [6.45, 7) is 2.53. The first-order valence-corrected chi connectivity index (χ1v) is 6.44. The summed E-state index contributed by atoms with van der Waals surface area (Å²) in [7, 11) is 1.88. The molecular formula is C13H17ClFNO2. The zero-order valence-corrected chi connectivity index (χ0v) is 11.2. The molecule has 1 fully saturated rings. The monoisotopic (exact) mass is 273 g/mol. The van der Waals surface area contributed by atoms with E-state index in [1.165, 1.54) is 6.07 Å². The first-order valence-electron chi connectivity index (χ1n) is 6.07. The minimum absolute atomic E-state index is 0.0596. The Balaban J connectivity index is 2.06. The van der Waals surface area contributed by atoms with Crippen LogP contribution in [0.4, 0.5) is 4.39 Å². The third-order valence-electron chi connectivity index (χ3n) is 3.17. The van der Waals surface area contributed by atoms with Gasteiger partial charge in [0, 0.05) is 19.1 Å². The van der Waals surface area contributed by atoms with E-state index in [1.54, 1.807) is 12.1 Å². The Labute approximate surface area is 111 Å². The molecule has 5 heteroatoms. The molecule has 1 saturated carbocycles. The Bertz CT molecular complexity index is 396. The van der Waals surface area contributed by atoms with Crippen molar-refractivity contribution in [2.24, 2.45) is 0 Å². The van der Waals surface area contributed by atoms with Gasteiger partial charge in [0.05, 0.1) is 5.02 Å². The van der Waals surface area contributed by atoms with Gasteiger partial charge in [-0.1, -0.05) is 17.7 Å². The molecule has 1 aromatic carbocycles. The highest BCUT2D eigenvalue weighted by atomic mass is 35.5. The van der Waals surface area contributed by atoms with Crippen LogP contribution >= 0.6 is 11.6 Å². The van der Waals surface area contributed by atoms with Crippen LogP contribution in [0.5, 0.6) is 5.75 Å². The van der Waals surface area contributed by atoms with Crippen molar-refractivity contribution >= 4 is 11.6 Å². The average Bonchev–Trinajstić information content (AvgIpc) is 2.34. The van der Waals surface area contributed by atoms with E-state index in [1.807, 2.05) is 14.0 Å². The highest BCUT2D eigenvalue weighted by Crippen LogP contribution is 2.34. The molecule has 0 spiro atoms. The lowest BCUT2D eigenvalue weighted by molar-refractivity contribution is -0.103. The first-order chi connectivity index (χ1) is 8.67. The van der Waals surface area contributed by atoms with E-state index in [2.05, 4.69) is 5.32 Å². The van der Waals surface area contributed by atoms with Crippen LogP contribution in [0.15, 0.2) is 18.2 Å². The first kappa shape index (κ1) is 13.6. The molecule has 0 aliphatic heterocycles. The molecule has 1 N–H and O–H groups in total. The Morgan fingerprint density at radius 3 is 2.89 bits per heavy atom. The third kappa shape index (κ3) is 2.60. The highest BCUT2D eigenvalue weighted by molar-refractivity contribution is 6.32. The molecule has 0 saturated heterocycles. The normalized spacial score (nSPS) is 26.8. The minimum Gasteiger partial charge on any atom is -0.483 e. The maximum Gasteiger partial charge on any atom is 0.174 e. The summed E-state index contributed by atoms with van der Waals surface area (Å²) in [5.74, 6) is -0.325. The van der Waals surface area contributed by atoms with Crippen molar-refractivity contribution in [3.63, 3.8) is 0 Å². The van der Waals surface area contributed by atoms with Crippen molar-refractivity contribution in [2.75, 3.05) is 13.7 Å². The van der Waals surface area contributed by atoms with Gasteiger partial charge in [-0.25, -0.2) is 4.39 Å². The number of para-hydroxylation sites is 1. The van der Waals surface area contributed by atoms with Crippen molar-refractivity contribution in [3.05, 3.63) is 29.0 Å². The third-order valence-corrected chi connectivity index (χ3v) is 3.46. The van der Waals surface area contributed by atoms with Gasteiger partial charge in [-0.3, -0.25) is 0 Å². The fourth-order valence-electron chi connectivity index (χ4n) is 2.14. The van der Waals surface area contributed by atoms with Gasteiger partial charge in [-0.2, -0.15) is 0 Å². The van der Waals surface area contributed by atoms with Gasteiger partial charge in [0.2, 0.25) is 0 Å². The fraction of sp³-hybridized carbons (Fsp3) is 0.538. The molecule has 1 aromatic rings. The average molecular weight is 274 g/mol. The van der Waals surface area contributed by atoms with Crippen LogP contribution in [0.2, 0.25) is 5.02 Å². The van der Waals surface area contributed by atoms with Crippen LogP contribution in [0, 0.1) is 5.82 Å². The van der Waals surface area contributed by atoms with E-state index in [0.717, 1.165) is 6.42 Å². The van der Waals surface area contributed by atoms with Crippen molar-refractivity contribution in [3.8, 4) is 5.75 Å². The van der Waals surface area contributed by atoms with Crippen molar-refractivity contribution in [2.45, 2.75) is 31.6 Å². The summed E-state index contributed by atoms with van der Waals surface area (Å²) in [5.41, 5.74) is 0. The van der Waals surface area contributed by atoms with Gasteiger partial charge in [0.15, 0.2) is 11.6 Å². The van der Waals surface area contributed by atoms with E-state index in [0.29, 0.717) is 6.61 Å². The maximum absolute atomic E-state index is 13.6. The van der Waals surface area contributed by atoms with Gasteiger partial charge in [0.25, 0.3) is 0 Å². The summed E-state index contributed by atoms with van der Waals surface area (Å²) < 4.78 is 24.8. The number of hydrogen-bond acceptors (Lipinski definition) is 3. The molecule has 2 rings (SSSR count). The summed E-state index contributed by atoms with van der Waals surface area (Å²) in [4.78, 5) is 0. The minimum atomic E-state index is -0.439. The van der Waals surface area contributed by atoms with Crippen LogP contribution < -0.4 is 10.1 Å². The Morgan fingerprint density at radius 1 is 1.50 bits per heavy atom. The quantitative estimate of drug-likeness (QED) is 0.895. The molecule has 0 bridgehead atoms. The second-order valence-corrected chi connectivity index (χ2v) is 4.67. The van der Waals surface area contributed by atoms with Crippen LogP contribution in [0.25, 0.3) is 0 Å². The van der Waals surface area contributed by atoms with Crippen LogP contribution in [-0.4, -0.2) is 31.9 Å². The standard InChI is InChI=1S/C13H17ClFNO2/c1-3-17-13-10(16-2)7-11(13)18-12-8(14)5-4-6-9(12)15/h4-6,10-11,13,16H,3,7H2,1-2H3. The predicted octanol–water partition coefficient (Wildman–Crippen LogP) is 2.62. The topological polar surface area (TPSA) is 30.5 Å². The fourth-order valence-corrected chi connectivity index (χ4v) is 2.35. The lowest BCUT2D eigenvalue weighted by atomic mass is 9.85. The number of likely N-dealkylation sites (N-methyl/N-ethyl adjacent to an activating group) is 1. The van der Waals surface area contributed by atoms with E-state index in [4.69, 9.17) is 21.1 Å². The number of nitrogens with one attached hydrogen (secondary N) is 1. The number of rotatable bonds is 5. The SMILES string of the molecule is CCOC1C(NC)CC1Oc1c(F)cccc1Cl. The van der Waals surface area contributed by atoms with Crippen molar-refractivity contribution < 1.29 is 13.9 Å². The van der Waals surface area contributed by atoms with E-state index < -0.39 is 5.82 Å². The Morgan fingerprint density at radius 2 is 2.28 bits per heavy atom. The van der Waals surface area contributed by atoms with E-state index in [-0.39, 0.29) is 29.0 Å². The van der Waals surface area contributed by atoms with Crippen LogP contribution in [-0.2, 0) is 4.74 Å².